The quantitative estimate of drug-likeness (QED) is 0.813. The second kappa shape index (κ2) is 5.52. The maximum atomic E-state index is 11.5. The maximum Gasteiger partial charge on any atom is 0.357 e. The predicted molar refractivity (Wildman–Crippen MR) is 75.7 cm³/mol. The predicted octanol–water partition coefficient (Wildman–Crippen LogP) is 2.30. The summed E-state index contributed by atoms with van der Waals surface area (Å²) in [5, 5.41) is 0. The van der Waals surface area contributed by atoms with Crippen molar-refractivity contribution in [1.82, 2.24) is 4.72 Å². The zero-order valence-electron chi connectivity index (χ0n) is 8.90. The highest BCUT2D eigenvalue weighted by Gasteiger charge is 2.20. The summed E-state index contributed by atoms with van der Waals surface area (Å²) in [6.45, 7) is 0. The summed E-state index contributed by atoms with van der Waals surface area (Å²) in [6.07, 6.45) is 1.47. The number of halogens is 2. The van der Waals surface area contributed by atoms with Crippen LogP contribution < -0.4 is 4.72 Å². The van der Waals surface area contributed by atoms with Gasteiger partial charge in [-0.15, -0.1) is 11.3 Å². The van der Waals surface area contributed by atoms with Crippen LogP contribution in [0.4, 0.5) is 0 Å². The fourth-order valence-electron chi connectivity index (χ4n) is 1.20. The van der Waals surface area contributed by atoms with E-state index in [9.17, 15) is 9.00 Å². The van der Waals surface area contributed by atoms with Crippen molar-refractivity contribution >= 4 is 67.4 Å². The highest BCUT2D eigenvalue weighted by Crippen LogP contribution is 2.35. The minimum absolute atomic E-state index is 0.00484. The molecule has 0 saturated heterocycles. The van der Waals surface area contributed by atoms with Gasteiger partial charge in [-0.3, -0.25) is 4.72 Å². The molecule has 2 rings (SSSR count). The molecule has 1 aliphatic rings. The standard InChI is InChI=1S/C9H6BrClN2O3S2/c1-16-9(14)6-3-5(12-18(15)13-6)7-2-4(10)8(11)17-7/h2-3,12H,1H3. The highest BCUT2D eigenvalue weighted by atomic mass is 79.9. The first kappa shape index (κ1) is 13.7. The van der Waals surface area contributed by atoms with E-state index < -0.39 is 17.1 Å². The molecule has 96 valence electrons. The zero-order chi connectivity index (χ0) is 13.3. The summed E-state index contributed by atoms with van der Waals surface area (Å²) in [7, 11) is 1.24. The lowest BCUT2D eigenvalue weighted by molar-refractivity contribution is -0.132. The van der Waals surface area contributed by atoms with Crippen LogP contribution in [0, 0.1) is 0 Å². The van der Waals surface area contributed by atoms with Gasteiger partial charge in [0.05, 0.1) is 17.7 Å². The first-order valence-corrected chi connectivity index (χ1v) is 7.63. The van der Waals surface area contributed by atoms with Crippen LogP contribution in [0.2, 0.25) is 4.34 Å². The number of esters is 1. The fourth-order valence-corrected chi connectivity index (χ4v) is 3.65. The lowest BCUT2D eigenvalue weighted by Gasteiger charge is -2.11. The normalized spacial score (nSPS) is 18.7. The van der Waals surface area contributed by atoms with E-state index >= 15 is 0 Å². The molecule has 5 nitrogen and oxygen atoms in total. The molecule has 0 radical (unpaired) electrons. The number of hydrogen-bond donors (Lipinski definition) is 1. The van der Waals surface area contributed by atoms with Gasteiger partial charge in [0, 0.05) is 4.47 Å². The van der Waals surface area contributed by atoms with Crippen molar-refractivity contribution in [3.63, 3.8) is 0 Å². The van der Waals surface area contributed by atoms with Crippen molar-refractivity contribution in [2.24, 2.45) is 4.40 Å². The van der Waals surface area contributed by atoms with E-state index in [1.54, 1.807) is 6.07 Å². The summed E-state index contributed by atoms with van der Waals surface area (Å²) < 4.78 is 23.6. The largest absolute Gasteiger partial charge is 0.464 e. The van der Waals surface area contributed by atoms with Gasteiger partial charge in [-0.1, -0.05) is 11.6 Å². The van der Waals surface area contributed by atoms with Crippen LogP contribution in [0.25, 0.3) is 5.70 Å². The van der Waals surface area contributed by atoms with Crippen LogP contribution >= 0.6 is 38.9 Å². The van der Waals surface area contributed by atoms with Gasteiger partial charge in [-0.05, 0) is 28.1 Å². The summed E-state index contributed by atoms with van der Waals surface area (Å²) in [5.74, 6) is -0.635. The van der Waals surface area contributed by atoms with E-state index in [0.717, 1.165) is 9.35 Å². The Labute approximate surface area is 123 Å². The van der Waals surface area contributed by atoms with Crippen molar-refractivity contribution < 1.29 is 13.7 Å². The molecule has 0 amide bonds. The van der Waals surface area contributed by atoms with Crippen molar-refractivity contribution in [2.75, 3.05) is 7.11 Å². The van der Waals surface area contributed by atoms with Gasteiger partial charge >= 0.3 is 5.97 Å². The van der Waals surface area contributed by atoms with E-state index in [1.165, 1.54) is 24.5 Å². The Bertz CT molecular complexity index is 577. The number of carbonyl (C=O) groups is 1. The Morgan fingerprint density at radius 2 is 2.39 bits per heavy atom. The molecular weight excluding hydrogens is 364 g/mol. The van der Waals surface area contributed by atoms with Crippen molar-refractivity contribution in [1.29, 1.82) is 0 Å². The van der Waals surface area contributed by atoms with Gasteiger partial charge in [0.15, 0.2) is 5.71 Å². The Hall–Kier alpha value is -0.700. The third-order valence-corrected chi connectivity index (χ3v) is 5.23. The van der Waals surface area contributed by atoms with E-state index in [1.807, 2.05) is 0 Å². The Kier molecular flexibility index (Phi) is 4.21. The molecule has 2 heterocycles. The molecule has 1 aromatic rings. The molecular formula is C9H6BrClN2O3S2. The zero-order valence-corrected chi connectivity index (χ0v) is 12.9. The SMILES string of the molecule is COC(=O)C1=NS(=O)NC(c2cc(Br)c(Cl)s2)=C1. The van der Waals surface area contributed by atoms with Gasteiger partial charge in [-0.2, -0.15) is 4.40 Å². The number of ether oxygens (including phenoxy) is 1. The number of thiophene rings is 1. The van der Waals surface area contributed by atoms with Crippen LogP contribution in [0.15, 0.2) is 21.0 Å². The monoisotopic (exact) mass is 368 g/mol. The van der Waals surface area contributed by atoms with E-state index in [0.29, 0.717) is 10.0 Å². The van der Waals surface area contributed by atoms with Crippen LogP contribution in [0.1, 0.15) is 4.88 Å². The lowest BCUT2D eigenvalue weighted by Crippen LogP contribution is -2.25. The Balaban J connectivity index is 2.39. The molecule has 0 aliphatic carbocycles. The summed E-state index contributed by atoms with van der Waals surface area (Å²) in [6, 6.07) is 1.77. The van der Waals surface area contributed by atoms with Crippen LogP contribution in [0.3, 0.4) is 0 Å². The van der Waals surface area contributed by atoms with Crippen molar-refractivity contribution in [3.8, 4) is 0 Å². The third-order valence-electron chi connectivity index (χ3n) is 1.96. The average Bonchev–Trinajstić information content (AvgIpc) is 2.68. The van der Waals surface area contributed by atoms with Crippen molar-refractivity contribution in [3.05, 3.63) is 25.8 Å². The molecule has 1 atom stereocenters. The molecule has 0 spiro atoms. The average molecular weight is 370 g/mol. The summed E-state index contributed by atoms with van der Waals surface area (Å²) in [4.78, 5) is 12.1. The lowest BCUT2D eigenvalue weighted by atomic mass is 10.2. The summed E-state index contributed by atoms with van der Waals surface area (Å²) in [5.41, 5.74) is 0.520. The highest BCUT2D eigenvalue weighted by molar-refractivity contribution is 9.10. The number of rotatable bonds is 2. The molecule has 0 bridgehead atoms. The second-order valence-electron chi connectivity index (χ2n) is 3.11. The fraction of sp³-hybridized carbons (Fsp3) is 0.111. The molecule has 0 fully saturated rings. The molecule has 9 heteroatoms. The van der Waals surface area contributed by atoms with Crippen LogP contribution in [-0.2, 0) is 20.7 Å². The number of hydrogen-bond acceptors (Lipinski definition) is 4. The number of nitrogens with one attached hydrogen (secondary N) is 1. The van der Waals surface area contributed by atoms with E-state index in [4.69, 9.17) is 11.6 Å². The smallest absolute Gasteiger partial charge is 0.357 e. The van der Waals surface area contributed by atoms with Crippen molar-refractivity contribution in [2.45, 2.75) is 0 Å². The van der Waals surface area contributed by atoms with Crippen LogP contribution in [0.5, 0.6) is 0 Å². The molecule has 1 unspecified atom stereocenters. The minimum atomic E-state index is -1.70. The maximum absolute atomic E-state index is 11.5. The molecule has 0 aromatic carbocycles. The molecule has 0 saturated carbocycles. The third kappa shape index (κ3) is 2.82. The molecule has 18 heavy (non-hydrogen) atoms. The topological polar surface area (TPSA) is 67.8 Å². The van der Waals surface area contributed by atoms with Gasteiger partial charge in [0.2, 0.25) is 11.2 Å². The van der Waals surface area contributed by atoms with Crippen LogP contribution in [-0.4, -0.2) is 23.0 Å². The number of carbonyl (C=O) groups excluding carboxylic acids is 1. The number of methoxy groups -OCH3 is 1. The first-order chi connectivity index (χ1) is 8.51. The molecule has 1 aromatic heterocycles. The van der Waals surface area contributed by atoms with E-state index in [2.05, 4.69) is 29.8 Å². The Morgan fingerprint density at radius 3 is 2.94 bits per heavy atom. The van der Waals surface area contributed by atoms with E-state index in [-0.39, 0.29) is 5.71 Å². The molecule has 1 N–H and O–H groups in total. The first-order valence-electron chi connectivity index (χ1n) is 4.53. The second-order valence-corrected chi connectivity index (χ2v) is 6.50. The minimum Gasteiger partial charge on any atom is -0.464 e. The summed E-state index contributed by atoms with van der Waals surface area (Å²) >= 11 is 8.80. The van der Waals surface area contributed by atoms with Gasteiger partial charge in [0.1, 0.15) is 4.34 Å². The molecule has 1 aliphatic heterocycles. The Morgan fingerprint density at radius 1 is 1.67 bits per heavy atom. The van der Waals surface area contributed by atoms with Gasteiger partial charge < -0.3 is 4.74 Å². The van der Waals surface area contributed by atoms with Gasteiger partial charge in [0.25, 0.3) is 0 Å². The number of nitrogens with zero attached hydrogens (tertiary/aromatic N) is 1. The van der Waals surface area contributed by atoms with Gasteiger partial charge in [-0.25, -0.2) is 9.00 Å².